The molecule has 0 aromatic heterocycles. The van der Waals surface area contributed by atoms with E-state index in [4.69, 9.17) is 23.2 Å². The second-order valence-corrected chi connectivity index (χ2v) is 5.60. The molecular weight excluding hydrogens is 295 g/mol. The lowest BCUT2D eigenvalue weighted by atomic mass is 9.84. The Morgan fingerprint density at radius 1 is 0.600 bits per heavy atom. The average molecular weight is 301 g/mol. The van der Waals surface area contributed by atoms with Gasteiger partial charge in [-0.3, -0.25) is 9.59 Å². The van der Waals surface area contributed by atoms with Gasteiger partial charge in [0.15, 0.2) is 11.6 Å². The summed E-state index contributed by atoms with van der Waals surface area (Å²) >= 11 is 12.3. The van der Waals surface area contributed by atoms with E-state index < -0.39 is 0 Å². The number of carbonyl (C=O) groups excluding carboxylic acids is 2. The van der Waals surface area contributed by atoms with Crippen LogP contribution in [0.25, 0.3) is 20.8 Å². The Morgan fingerprint density at radius 2 is 0.950 bits per heavy atom. The molecule has 0 heterocycles. The van der Waals surface area contributed by atoms with Crippen molar-refractivity contribution in [3.05, 3.63) is 58.7 Å². The minimum absolute atomic E-state index is 0.149. The van der Waals surface area contributed by atoms with Crippen molar-refractivity contribution >= 4 is 55.6 Å². The summed E-state index contributed by atoms with van der Waals surface area (Å²) in [6.45, 7) is 0. The standard InChI is InChI=1S/C16H6Cl2O2/c17-11-5-14(20)10-4-2-8-12(18)6-13(19)9-3-1-7(11)15(10)16(8)9/h1-6H. The quantitative estimate of drug-likeness (QED) is 0.723. The number of halogens is 2. The summed E-state index contributed by atoms with van der Waals surface area (Å²) in [6, 6.07) is 7.03. The van der Waals surface area contributed by atoms with Crippen molar-refractivity contribution in [3.63, 3.8) is 0 Å². The lowest BCUT2D eigenvalue weighted by Gasteiger charge is -2.21. The summed E-state index contributed by atoms with van der Waals surface area (Å²) in [4.78, 5) is 24.2. The number of rotatable bonds is 0. The molecule has 0 amide bonds. The van der Waals surface area contributed by atoms with Gasteiger partial charge in [-0.2, -0.15) is 0 Å². The summed E-state index contributed by atoms with van der Waals surface area (Å²) in [5.74, 6) is -0.298. The molecule has 0 aliphatic heterocycles. The smallest absolute Gasteiger partial charge is 0.187 e. The average Bonchev–Trinajstić information content (AvgIpc) is 2.42. The normalized spacial score (nSPS) is 16.3. The van der Waals surface area contributed by atoms with E-state index in [1.807, 2.05) is 0 Å². The second-order valence-electron chi connectivity index (χ2n) is 4.78. The first-order valence-electron chi connectivity index (χ1n) is 6.01. The molecular formula is C16H6Cl2O2. The summed E-state index contributed by atoms with van der Waals surface area (Å²) < 4.78 is 0. The highest BCUT2D eigenvalue weighted by atomic mass is 35.5. The Morgan fingerprint density at radius 3 is 1.35 bits per heavy atom. The van der Waals surface area contributed by atoms with E-state index in [0.29, 0.717) is 21.2 Å². The zero-order chi connectivity index (χ0) is 14.0. The maximum atomic E-state index is 12.1. The molecule has 2 aromatic rings. The first kappa shape index (κ1) is 11.9. The van der Waals surface area contributed by atoms with Crippen molar-refractivity contribution in [1.29, 1.82) is 0 Å². The summed E-state index contributed by atoms with van der Waals surface area (Å²) in [6.07, 6.45) is 2.81. The van der Waals surface area contributed by atoms with E-state index in [0.717, 1.165) is 21.9 Å². The molecule has 4 rings (SSSR count). The van der Waals surface area contributed by atoms with Gasteiger partial charge < -0.3 is 0 Å². The molecule has 2 aromatic carbocycles. The number of hydrogen-bond acceptors (Lipinski definition) is 2. The van der Waals surface area contributed by atoms with Gasteiger partial charge in [0, 0.05) is 45.2 Å². The van der Waals surface area contributed by atoms with E-state index in [-0.39, 0.29) is 11.6 Å². The van der Waals surface area contributed by atoms with Crippen LogP contribution in [-0.2, 0) is 0 Å². The van der Waals surface area contributed by atoms with Crippen molar-refractivity contribution in [1.82, 2.24) is 0 Å². The van der Waals surface area contributed by atoms with Crippen LogP contribution < -0.4 is 0 Å². The second kappa shape index (κ2) is 3.81. The molecule has 2 aliphatic rings. The highest BCUT2D eigenvalue weighted by molar-refractivity contribution is 6.55. The topological polar surface area (TPSA) is 34.1 Å². The van der Waals surface area contributed by atoms with Crippen LogP contribution in [0.3, 0.4) is 0 Å². The molecule has 20 heavy (non-hydrogen) atoms. The molecule has 0 radical (unpaired) electrons. The number of ketones is 2. The highest BCUT2D eigenvalue weighted by Gasteiger charge is 2.27. The molecule has 96 valence electrons. The summed E-state index contributed by atoms with van der Waals surface area (Å²) in [5, 5.41) is 2.22. The van der Waals surface area contributed by atoms with Crippen LogP contribution in [0.1, 0.15) is 31.8 Å². The van der Waals surface area contributed by atoms with Crippen molar-refractivity contribution in [2.24, 2.45) is 0 Å². The van der Waals surface area contributed by atoms with Crippen molar-refractivity contribution in [3.8, 4) is 0 Å². The molecule has 0 fully saturated rings. The van der Waals surface area contributed by atoms with Crippen LogP contribution in [0.2, 0.25) is 0 Å². The van der Waals surface area contributed by atoms with Crippen molar-refractivity contribution < 1.29 is 9.59 Å². The number of hydrogen-bond donors (Lipinski definition) is 0. The van der Waals surface area contributed by atoms with Gasteiger partial charge >= 0.3 is 0 Å². The van der Waals surface area contributed by atoms with Gasteiger partial charge in [0.1, 0.15) is 0 Å². The molecule has 0 N–H and O–H groups in total. The van der Waals surface area contributed by atoms with Gasteiger partial charge in [-0.15, -0.1) is 0 Å². The predicted octanol–water partition coefficient (Wildman–Crippen LogP) is 4.39. The zero-order valence-corrected chi connectivity index (χ0v) is 11.5. The third kappa shape index (κ3) is 1.35. The van der Waals surface area contributed by atoms with Crippen LogP contribution >= 0.6 is 23.2 Å². The highest BCUT2D eigenvalue weighted by Crippen LogP contribution is 2.42. The fourth-order valence-electron chi connectivity index (χ4n) is 2.85. The Hall–Kier alpha value is -1.90. The minimum Gasteiger partial charge on any atom is -0.289 e. The predicted molar refractivity (Wildman–Crippen MR) is 80.3 cm³/mol. The monoisotopic (exact) mass is 300 g/mol. The molecule has 2 nitrogen and oxygen atoms in total. The molecule has 4 heteroatoms. The van der Waals surface area contributed by atoms with Crippen LogP contribution in [0.4, 0.5) is 0 Å². The van der Waals surface area contributed by atoms with Gasteiger partial charge in [-0.1, -0.05) is 35.3 Å². The third-order valence-electron chi connectivity index (χ3n) is 3.72. The largest absolute Gasteiger partial charge is 0.289 e. The van der Waals surface area contributed by atoms with Crippen molar-refractivity contribution in [2.75, 3.05) is 0 Å². The van der Waals surface area contributed by atoms with Crippen LogP contribution in [0.15, 0.2) is 36.4 Å². The van der Waals surface area contributed by atoms with Gasteiger partial charge in [-0.25, -0.2) is 0 Å². The molecule has 0 saturated carbocycles. The van der Waals surface area contributed by atoms with Gasteiger partial charge in [0.05, 0.1) is 10.1 Å². The molecule has 0 spiro atoms. The van der Waals surface area contributed by atoms with Crippen LogP contribution in [0.5, 0.6) is 0 Å². The summed E-state index contributed by atoms with van der Waals surface area (Å²) in [5.41, 5.74) is 2.65. The van der Waals surface area contributed by atoms with E-state index in [2.05, 4.69) is 0 Å². The van der Waals surface area contributed by atoms with E-state index in [1.54, 1.807) is 24.3 Å². The molecule has 0 bridgehead atoms. The van der Waals surface area contributed by atoms with Gasteiger partial charge in [0.25, 0.3) is 0 Å². The Kier molecular flexibility index (Phi) is 2.27. The van der Waals surface area contributed by atoms with Gasteiger partial charge in [-0.05, 0) is 12.1 Å². The fourth-order valence-corrected chi connectivity index (χ4v) is 3.36. The Labute approximate surface area is 124 Å². The molecule has 0 saturated heterocycles. The van der Waals surface area contributed by atoms with E-state index in [9.17, 15) is 9.59 Å². The van der Waals surface area contributed by atoms with E-state index >= 15 is 0 Å². The third-order valence-corrected chi connectivity index (χ3v) is 4.35. The Balaban J connectivity index is 2.30. The lowest BCUT2D eigenvalue weighted by molar-refractivity contribution is 0.103. The maximum absolute atomic E-state index is 12.1. The summed E-state index contributed by atoms with van der Waals surface area (Å²) in [7, 11) is 0. The van der Waals surface area contributed by atoms with Crippen LogP contribution in [0, 0.1) is 0 Å². The molecule has 0 unspecified atom stereocenters. The first-order chi connectivity index (χ1) is 9.58. The number of benzene rings is 2. The Bertz CT molecular complexity index is 829. The number of carbonyl (C=O) groups is 2. The van der Waals surface area contributed by atoms with E-state index in [1.165, 1.54) is 12.2 Å². The fraction of sp³-hybridized carbons (Fsp3) is 0. The number of allylic oxidation sites excluding steroid dienone is 2. The zero-order valence-electron chi connectivity index (χ0n) is 10.0. The van der Waals surface area contributed by atoms with Gasteiger partial charge in [0.2, 0.25) is 0 Å². The SMILES string of the molecule is O=C1C=C(Cl)c2ccc3c4c(ccc1c24)C(Cl)=CC3=O. The van der Waals surface area contributed by atoms with Crippen molar-refractivity contribution in [2.45, 2.75) is 0 Å². The molecule has 2 aliphatic carbocycles. The first-order valence-corrected chi connectivity index (χ1v) is 6.77. The maximum Gasteiger partial charge on any atom is 0.187 e. The van der Waals surface area contributed by atoms with Crippen LogP contribution in [-0.4, -0.2) is 11.6 Å². The minimum atomic E-state index is -0.149. The lowest BCUT2D eigenvalue weighted by Crippen LogP contribution is -2.10. The molecule has 0 atom stereocenters.